The SMILES string of the molecule is NC(=O)NC(=O)CS(=O)(=O)CC(=O)O. The quantitative estimate of drug-likeness (QED) is 0.489. The second-order valence-electron chi connectivity index (χ2n) is 2.34. The minimum atomic E-state index is -4.05. The summed E-state index contributed by atoms with van der Waals surface area (Å²) >= 11 is 0. The van der Waals surface area contributed by atoms with E-state index in [1.165, 1.54) is 5.32 Å². The number of urea groups is 1. The molecule has 0 heterocycles. The lowest BCUT2D eigenvalue weighted by Crippen LogP contribution is -2.39. The van der Waals surface area contributed by atoms with Crippen LogP contribution in [0.5, 0.6) is 0 Å². The second-order valence-corrected chi connectivity index (χ2v) is 4.40. The highest BCUT2D eigenvalue weighted by Crippen LogP contribution is 1.89. The van der Waals surface area contributed by atoms with Gasteiger partial charge < -0.3 is 10.8 Å². The summed E-state index contributed by atoms with van der Waals surface area (Å²) in [5.41, 5.74) is 4.53. The van der Waals surface area contributed by atoms with Gasteiger partial charge in [0.05, 0.1) is 0 Å². The predicted octanol–water partition coefficient (Wildman–Crippen LogP) is -2.32. The number of imide groups is 1. The maximum absolute atomic E-state index is 10.8. The van der Waals surface area contributed by atoms with Gasteiger partial charge in [-0.1, -0.05) is 0 Å². The number of carboxylic acid groups (broad SMARTS) is 1. The van der Waals surface area contributed by atoms with Crippen LogP contribution < -0.4 is 11.1 Å². The van der Waals surface area contributed by atoms with Crippen LogP contribution in [0.1, 0.15) is 0 Å². The van der Waals surface area contributed by atoms with Crippen molar-refractivity contribution < 1.29 is 27.9 Å². The molecular formula is C5H8N2O6S. The van der Waals surface area contributed by atoms with Crippen LogP contribution in [0.3, 0.4) is 0 Å². The van der Waals surface area contributed by atoms with Gasteiger partial charge in [-0.3, -0.25) is 14.9 Å². The number of carbonyl (C=O) groups is 3. The maximum Gasteiger partial charge on any atom is 0.318 e. The van der Waals surface area contributed by atoms with Crippen molar-refractivity contribution in [3.8, 4) is 0 Å². The number of carbonyl (C=O) groups excluding carboxylic acids is 2. The fraction of sp³-hybridized carbons (Fsp3) is 0.400. The first-order chi connectivity index (χ1) is 6.23. The fourth-order valence-electron chi connectivity index (χ4n) is 0.612. The zero-order chi connectivity index (χ0) is 11.4. The summed E-state index contributed by atoms with van der Waals surface area (Å²) in [4.78, 5) is 30.8. The number of carboxylic acids is 1. The van der Waals surface area contributed by atoms with E-state index in [0.717, 1.165) is 0 Å². The van der Waals surface area contributed by atoms with Crippen molar-refractivity contribution in [3.05, 3.63) is 0 Å². The first kappa shape index (κ1) is 12.4. The molecule has 0 atom stereocenters. The Morgan fingerprint density at radius 3 is 2.07 bits per heavy atom. The zero-order valence-corrected chi connectivity index (χ0v) is 7.70. The Morgan fingerprint density at radius 1 is 1.21 bits per heavy atom. The van der Waals surface area contributed by atoms with E-state index in [2.05, 4.69) is 5.73 Å². The molecule has 0 bridgehead atoms. The first-order valence-electron chi connectivity index (χ1n) is 3.24. The zero-order valence-electron chi connectivity index (χ0n) is 6.89. The summed E-state index contributed by atoms with van der Waals surface area (Å²) in [7, 11) is -4.05. The number of rotatable bonds is 4. The van der Waals surface area contributed by atoms with Crippen LogP contribution in [0.15, 0.2) is 0 Å². The molecule has 14 heavy (non-hydrogen) atoms. The molecule has 0 fully saturated rings. The number of aliphatic carboxylic acids is 1. The van der Waals surface area contributed by atoms with E-state index in [0.29, 0.717) is 0 Å². The maximum atomic E-state index is 10.8. The van der Waals surface area contributed by atoms with E-state index < -0.39 is 39.3 Å². The number of primary amides is 1. The lowest BCUT2D eigenvalue weighted by atomic mass is 10.7. The molecule has 0 aromatic heterocycles. The van der Waals surface area contributed by atoms with Crippen molar-refractivity contribution >= 4 is 27.7 Å². The third-order valence-electron chi connectivity index (χ3n) is 0.957. The summed E-state index contributed by atoms with van der Waals surface area (Å²) < 4.78 is 21.7. The van der Waals surface area contributed by atoms with Crippen molar-refractivity contribution in [2.24, 2.45) is 5.73 Å². The van der Waals surface area contributed by atoms with Crippen LogP contribution in [0.4, 0.5) is 4.79 Å². The van der Waals surface area contributed by atoms with E-state index in [1.807, 2.05) is 0 Å². The molecule has 8 nitrogen and oxygen atoms in total. The molecule has 80 valence electrons. The summed E-state index contributed by atoms with van der Waals surface area (Å²) in [5, 5.41) is 9.64. The average Bonchev–Trinajstić information content (AvgIpc) is 1.77. The lowest BCUT2D eigenvalue weighted by molar-refractivity contribution is -0.134. The van der Waals surface area contributed by atoms with Crippen LogP contribution in [0.2, 0.25) is 0 Å². The van der Waals surface area contributed by atoms with Crippen LogP contribution in [-0.2, 0) is 19.4 Å². The van der Waals surface area contributed by atoms with Gasteiger partial charge in [0.15, 0.2) is 9.84 Å². The Balaban J connectivity index is 4.30. The Hall–Kier alpha value is -1.64. The van der Waals surface area contributed by atoms with Gasteiger partial charge in [-0.2, -0.15) is 0 Å². The van der Waals surface area contributed by atoms with Crippen molar-refractivity contribution in [2.45, 2.75) is 0 Å². The van der Waals surface area contributed by atoms with Crippen molar-refractivity contribution in [3.63, 3.8) is 0 Å². The molecule has 0 aliphatic heterocycles. The highest BCUT2D eigenvalue weighted by molar-refractivity contribution is 7.92. The molecule has 0 aromatic carbocycles. The van der Waals surface area contributed by atoms with E-state index in [1.54, 1.807) is 0 Å². The number of amides is 3. The molecule has 0 rings (SSSR count). The number of hydrogen-bond donors (Lipinski definition) is 3. The van der Waals surface area contributed by atoms with E-state index in [9.17, 15) is 22.8 Å². The highest BCUT2D eigenvalue weighted by Gasteiger charge is 2.20. The molecular weight excluding hydrogens is 216 g/mol. The lowest BCUT2D eigenvalue weighted by Gasteiger charge is -2.00. The molecule has 4 N–H and O–H groups in total. The number of sulfone groups is 1. The molecule has 9 heteroatoms. The van der Waals surface area contributed by atoms with Crippen molar-refractivity contribution in [1.29, 1.82) is 0 Å². The largest absolute Gasteiger partial charge is 0.480 e. The Morgan fingerprint density at radius 2 is 1.71 bits per heavy atom. The molecule has 0 spiro atoms. The molecule has 0 saturated carbocycles. The molecule has 0 radical (unpaired) electrons. The topological polar surface area (TPSA) is 144 Å². The van der Waals surface area contributed by atoms with Gasteiger partial charge >= 0.3 is 12.0 Å². The van der Waals surface area contributed by atoms with E-state index in [-0.39, 0.29) is 0 Å². The fourth-order valence-corrected chi connectivity index (χ4v) is 1.56. The molecule has 0 unspecified atom stereocenters. The average molecular weight is 224 g/mol. The first-order valence-corrected chi connectivity index (χ1v) is 5.06. The summed E-state index contributed by atoms with van der Waals surface area (Å²) in [5.74, 6) is -4.97. The molecule has 0 aliphatic rings. The van der Waals surface area contributed by atoms with Gasteiger partial charge in [-0.25, -0.2) is 13.2 Å². The van der Waals surface area contributed by atoms with Crippen molar-refractivity contribution in [2.75, 3.05) is 11.5 Å². The third-order valence-corrected chi connectivity index (χ3v) is 2.35. The van der Waals surface area contributed by atoms with Gasteiger partial charge in [-0.05, 0) is 0 Å². The molecule has 0 saturated heterocycles. The monoisotopic (exact) mass is 224 g/mol. The molecule has 3 amide bonds. The second kappa shape index (κ2) is 4.56. The van der Waals surface area contributed by atoms with Crippen LogP contribution in [-0.4, -0.2) is 42.9 Å². The van der Waals surface area contributed by atoms with E-state index >= 15 is 0 Å². The Kier molecular flexibility index (Phi) is 4.02. The Bertz CT molecular complexity index is 358. The van der Waals surface area contributed by atoms with Gasteiger partial charge in [0.25, 0.3) is 0 Å². The summed E-state index contributed by atoms with van der Waals surface area (Å²) in [6, 6.07) is -1.19. The van der Waals surface area contributed by atoms with Crippen LogP contribution in [0.25, 0.3) is 0 Å². The predicted molar refractivity (Wildman–Crippen MR) is 44.0 cm³/mol. The third kappa shape index (κ3) is 5.94. The number of hydrogen-bond acceptors (Lipinski definition) is 5. The van der Waals surface area contributed by atoms with Crippen LogP contribution in [0, 0.1) is 0 Å². The molecule has 0 aliphatic carbocycles. The van der Waals surface area contributed by atoms with Gasteiger partial charge in [0.2, 0.25) is 5.91 Å². The molecule has 0 aromatic rings. The van der Waals surface area contributed by atoms with Gasteiger partial charge in [0.1, 0.15) is 11.5 Å². The smallest absolute Gasteiger partial charge is 0.318 e. The van der Waals surface area contributed by atoms with Gasteiger partial charge in [-0.15, -0.1) is 0 Å². The van der Waals surface area contributed by atoms with Crippen LogP contribution >= 0.6 is 0 Å². The Labute approximate surface area is 79.0 Å². The highest BCUT2D eigenvalue weighted by atomic mass is 32.2. The van der Waals surface area contributed by atoms with Crippen molar-refractivity contribution in [1.82, 2.24) is 5.32 Å². The normalized spacial score (nSPS) is 10.6. The minimum Gasteiger partial charge on any atom is -0.480 e. The summed E-state index contributed by atoms with van der Waals surface area (Å²) in [6.45, 7) is 0. The van der Waals surface area contributed by atoms with E-state index in [4.69, 9.17) is 5.11 Å². The number of nitrogens with two attached hydrogens (primary N) is 1. The van der Waals surface area contributed by atoms with Gasteiger partial charge in [0, 0.05) is 0 Å². The summed E-state index contributed by atoms with van der Waals surface area (Å²) in [6.07, 6.45) is 0. The minimum absolute atomic E-state index is 1.08. The standard InChI is InChI=1S/C5H8N2O6S/c6-5(11)7-3(8)1-14(12,13)2-4(9)10/h1-2H2,(H,9,10)(H3,6,7,8,11). The number of nitrogens with one attached hydrogen (secondary N) is 1.